The van der Waals surface area contributed by atoms with E-state index in [1.54, 1.807) is 36.4 Å². The normalized spacial score (nSPS) is 17.9. The van der Waals surface area contributed by atoms with Crippen molar-refractivity contribution in [1.82, 2.24) is 0 Å². The van der Waals surface area contributed by atoms with Crippen LogP contribution in [0, 0.1) is 22.7 Å². The SMILES string of the molecule is N#CC1C(=N)Oc2cc(O)ccc2C1c1cccc(Oc2ccc(Cl)cc2)c1. The Morgan fingerprint density at radius 2 is 1.82 bits per heavy atom. The van der Waals surface area contributed by atoms with E-state index < -0.39 is 11.8 Å². The van der Waals surface area contributed by atoms with Crippen molar-refractivity contribution in [2.45, 2.75) is 5.92 Å². The predicted molar refractivity (Wildman–Crippen MR) is 105 cm³/mol. The number of hydrogen-bond donors (Lipinski definition) is 2. The van der Waals surface area contributed by atoms with Crippen molar-refractivity contribution in [2.75, 3.05) is 0 Å². The first-order chi connectivity index (χ1) is 13.5. The molecule has 3 aromatic carbocycles. The van der Waals surface area contributed by atoms with Crippen LogP contribution < -0.4 is 9.47 Å². The summed E-state index contributed by atoms with van der Waals surface area (Å²) in [6.45, 7) is 0. The number of hydrogen-bond acceptors (Lipinski definition) is 5. The average Bonchev–Trinajstić information content (AvgIpc) is 2.69. The Kier molecular flexibility index (Phi) is 4.64. The van der Waals surface area contributed by atoms with Crippen LogP contribution in [0.15, 0.2) is 66.7 Å². The van der Waals surface area contributed by atoms with Crippen LogP contribution in [-0.4, -0.2) is 11.0 Å². The van der Waals surface area contributed by atoms with Crippen molar-refractivity contribution >= 4 is 17.5 Å². The van der Waals surface area contributed by atoms with Crippen molar-refractivity contribution < 1.29 is 14.6 Å². The molecule has 0 bridgehead atoms. The number of nitriles is 1. The number of rotatable bonds is 3. The standard InChI is InChI=1S/C22H15ClN2O3/c23-14-4-7-16(8-5-14)27-17-3-1-2-13(10-17)21-18-9-6-15(26)11-20(18)28-22(25)19(21)12-24/h1-11,19,21,25-26H. The number of phenolic OH excluding ortho intramolecular Hbond substituents is 1. The molecule has 2 unspecified atom stereocenters. The Bertz CT molecular complexity index is 1090. The smallest absolute Gasteiger partial charge is 0.205 e. The van der Waals surface area contributed by atoms with Gasteiger partial charge >= 0.3 is 0 Å². The molecule has 3 aromatic rings. The maximum Gasteiger partial charge on any atom is 0.205 e. The fraction of sp³-hybridized carbons (Fsp3) is 0.0909. The zero-order valence-electron chi connectivity index (χ0n) is 14.6. The van der Waals surface area contributed by atoms with Crippen LogP contribution >= 0.6 is 11.6 Å². The van der Waals surface area contributed by atoms with Crippen molar-refractivity contribution in [3.63, 3.8) is 0 Å². The summed E-state index contributed by atoms with van der Waals surface area (Å²) in [5.41, 5.74) is 1.56. The van der Waals surface area contributed by atoms with Gasteiger partial charge < -0.3 is 14.6 Å². The maximum atomic E-state index is 9.74. The molecule has 138 valence electrons. The molecule has 4 rings (SSSR count). The minimum atomic E-state index is -0.775. The molecule has 1 heterocycles. The molecule has 6 heteroatoms. The van der Waals surface area contributed by atoms with Crippen LogP contribution in [0.2, 0.25) is 5.02 Å². The van der Waals surface area contributed by atoms with Crippen molar-refractivity contribution in [2.24, 2.45) is 5.92 Å². The highest BCUT2D eigenvalue weighted by Crippen LogP contribution is 2.44. The number of nitrogens with one attached hydrogen (secondary N) is 1. The summed E-state index contributed by atoms with van der Waals surface area (Å²) in [4.78, 5) is 0. The van der Waals surface area contributed by atoms with Gasteiger partial charge in [0.25, 0.3) is 0 Å². The summed E-state index contributed by atoms with van der Waals surface area (Å²) in [5.74, 6) is 0.345. The number of halogens is 1. The first kappa shape index (κ1) is 17.9. The molecule has 0 aliphatic carbocycles. The van der Waals surface area contributed by atoms with Crippen molar-refractivity contribution in [3.05, 3.63) is 82.9 Å². The van der Waals surface area contributed by atoms with Crippen molar-refractivity contribution in [1.29, 1.82) is 10.7 Å². The summed E-state index contributed by atoms with van der Waals surface area (Å²) >= 11 is 5.91. The van der Waals surface area contributed by atoms with E-state index in [1.165, 1.54) is 6.07 Å². The molecule has 0 aromatic heterocycles. The minimum Gasteiger partial charge on any atom is -0.508 e. The lowest BCUT2D eigenvalue weighted by Gasteiger charge is -2.30. The molecule has 0 fully saturated rings. The average molecular weight is 391 g/mol. The lowest BCUT2D eigenvalue weighted by molar-refractivity contribution is 0.435. The second-order valence-corrected chi connectivity index (χ2v) is 6.84. The molecule has 28 heavy (non-hydrogen) atoms. The zero-order chi connectivity index (χ0) is 19.7. The first-order valence-corrected chi connectivity index (χ1v) is 8.95. The van der Waals surface area contributed by atoms with E-state index in [0.717, 1.165) is 11.1 Å². The quantitative estimate of drug-likeness (QED) is 0.620. The molecule has 2 N–H and O–H groups in total. The highest BCUT2D eigenvalue weighted by molar-refractivity contribution is 6.30. The van der Waals surface area contributed by atoms with Gasteiger partial charge in [-0.1, -0.05) is 29.8 Å². The number of ether oxygens (including phenoxy) is 2. The van der Waals surface area contributed by atoms with Gasteiger partial charge in [-0.05, 0) is 48.0 Å². The molecule has 0 spiro atoms. The van der Waals surface area contributed by atoms with Crippen LogP contribution in [0.25, 0.3) is 0 Å². The third-order valence-corrected chi connectivity index (χ3v) is 4.83. The van der Waals surface area contributed by atoms with Gasteiger partial charge in [0, 0.05) is 22.6 Å². The Labute approximate surface area is 166 Å². The lowest BCUT2D eigenvalue weighted by Crippen LogP contribution is -2.30. The molecular weight excluding hydrogens is 376 g/mol. The third kappa shape index (κ3) is 3.38. The summed E-state index contributed by atoms with van der Waals surface area (Å²) < 4.78 is 11.4. The first-order valence-electron chi connectivity index (χ1n) is 8.57. The summed E-state index contributed by atoms with van der Waals surface area (Å²) in [5, 5.41) is 28.1. The highest BCUT2D eigenvalue weighted by atomic mass is 35.5. The van der Waals surface area contributed by atoms with Gasteiger partial charge in [-0.25, -0.2) is 0 Å². The lowest BCUT2D eigenvalue weighted by atomic mass is 9.79. The van der Waals surface area contributed by atoms with E-state index in [-0.39, 0.29) is 11.6 Å². The van der Waals surface area contributed by atoms with E-state index in [1.807, 2.05) is 24.3 Å². The second kappa shape index (κ2) is 7.26. The molecule has 0 saturated carbocycles. The molecule has 0 amide bonds. The van der Waals surface area contributed by atoms with Crippen LogP contribution in [0.1, 0.15) is 17.0 Å². The van der Waals surface area contributed by atoms with Crippen LogP contribution in [0.3, 0.4) is 0 Å². The van der Waals surface area contributed by atoms with Crippen LogP contribution in [0.4, 0.5) is 0 Å². The number of aromatic hydroxyl groups is 1. The van der Waals surface area contributed by atoms with E-state index in [0.29, 0.717) is 22.3 Å². The van der Waals surface area contributed by atoms with Gasteiger partial charge in [0.15, 0.2) is 0 Å². The van der Waals surface area contributed by atoms with Crippen LogP contribution in [0.5, 0.6) is 23.0 Å². The Morgan fingerprint density at radius 1 is 1.04 bits per heavy atom. The number of fused-ring (bicyclic) bond motifs is 1. The molecule has 5 nitrogen and oxygen atoms in total. The van der Waals surface area contributed by atoms with Crippen LogP contribution in [-0.2, 0) is 0 Å². The van der Waals surface area contributed by atoms with E-state index >= 15 is 0 Å². The van der Waals surface area contributed by atoms with E-state index in [4.69, 9.17) is 26.5 Å². The summed E-state index contributed by atoms with van der Waals surface area (Å²) in [6.07, 6.45) is 0. The molecule has 1 aliphatic rings. The number of phenols is 1. The van der Waals surface area contributed by atoms with Gasteiger partial charge in [0.1, 0.15) is 28.9 Å². The second-order valence-electron chi connectivity index (χ2n) is 6.40. The van der Waals surface area contributed by atoms with Gasteiger partial charge in [-0.2, -0.15) is 5.26 Å². The maximum absolute atomic E-state index is 9.74. The zero-order valence-corrected chi connectivity index (χ0v) is 15.4. The Morgan fingerprint density at radius 3 is 2.57 bits per heavy atom. The minimum absolute atomic E-state index is 0.0422. The Balaban J connectivity index is 1.74. The fourth-order valence-electron chi connectivity index (χ4n) is 3.30. The third-order valence-electron chi connectivity index (χ3n) is 4.57. The number of nitrogens with zero attached hydrogens (tertiary/aromatic N) is 1. The topological polar surface area (TPSA) is 86.3 Å². The number of benzene rings is 3. The summed E-state index contributed by atoms with van der Waals surface area (Å²) in [7, 11) is 0. The van der Waals surface area contributed by atoms with Crippen molar-refractivity contribution in [3.8, 4) is 29.1 Å². The Hall–Kier alpha value is -3.49. The molecule has 1 aliphatic heterocycles. The molecule has 0 saturated heterocycles. The van der Waals surface area contributed by atoms with E-state index in [2.05, 4.69) is 6.07 Å². The van der Waals surface area contributed by atoms with E-state index in [9.17, 15) is 10.4 Å². The van der Waals surface area contributed by atoms with Gasteiger partial charge in [-0.15, -0.1) is 0 Å². The molecule has 0 radical (unpaired) electrons. The van der Waals surface area contributed by atoms with Gasteiger partial charge in [0.2, 0.25) is 5.90 Å². The summed E-state index contributed by atoms with van der Waals surface area (Å²) in [6, 6.07) is 21.3. The van der Waals surface area contributed by atoms with Gasteiger partial charge in [-0.3, -0.25) is 5.41 Å². The highest BCUT2D eigenvalue weighted by Gasteiger charge is 2.37. The predicted octanol–water partition coefficient (Wildman–Crippen LogP) is 5.48. The molecule has 2 atom stereocenters. The monoisotopic (exact) mass is 390 g/mol. The molecular formula is C22H15ClN2O3. The fourth-order valence-corrected chi connectivity index (χ4v) is 3.42. The van der Waals surface area contributed by atoms with Gasteiger partial charge in [0.05, 0.1) is 6.07 Å². The largest absolute Gasteiger partial charge is 0.508 e.